The Morgan fingerprint density at radius 1 is 1.27 bits per heavy atom. The van der Waals surface area contributed by atoms with Crippen LogP contribution in [0.2, 0.25) is 0 Å². The minimum absolute atomic E-state index is 0.639. The minimum atomic E-state index is 0.639. The van der Waals surface area contributed by atoms with Crippen LogP contribution in [0.3, 0.4) is 0 Å². The summed E-state index contributed by atoms with van der Waals surface area (Å²) in [7, 11) is 10.3. The van der Waals surface area contributed by atoms with Gasteiger partial charge in [-0.1, -0.05) is 0 Å². The molecule has 0 aromatic heterocycles. The summed E-state index contributed by atoms with van der Waals surface area (Å²) in [6.45, 7) is 2.14. The summed E-state index contributed by atoms with van der Waals surface area (Å²) < 4.78 is 0. The summed E-state index contributed by atoms with van der Waals surface area (Å²) in [5.41, 5.74) is 0. The van der Waals surface area contributed by atoms with Gasteiger partial charge in [-0.25, -0.2) is 0 Å². The van der Waals surface area contributed by atoms with Crippen molar-refractivity contribution in [2.75, 3.05) is 48.3 Å². The van der Waals surface area contributed by atoms with Crippen LogP contribution in [0.25, 0.3) is 0 Å². The zero-order valence-electron chi connectivity index (χ0n) is 10.7. The van der Waals surface area contributed by atoms with E-state index in [0.717, 1.165) is 12.5 Å². The number of nitrogens with zero attached hydrogens (tertiary/aromatic N) is 4. The van der Waals surface area contributed by atoms with Gasteiger partial charge < -0.3 is 14.7 Å². The molecular weight excluding hydrogens is 188 g/mol. The van der Waals surface area contributed by atoms with Crippen molar-refractivity contribution >= 4 is 5.96 Å². The van der Waals surface area contributed by atoms with Crippen molar-refractivity contribution in [2.24, 2.45) is 4.99 Å². The fourth-order valence-corrected chi connectivity index (χ4v) is 2.08. The second-order valence-corrected chi connectivity index (χ2v) is 4.71. The predicted molar refractivity (Wildman–Crippen MR) is 65.3 cm³/mol. The lowest BCUT2D eigenvalue weighted by atomic mass is 10.2. The smallest absolute Gasteiger partial charge is 0.195 e. The fourth-order valence-electron chi connectivity index (χ4n) is 2.08. The van der Waals surface area contributed by atoms with E-state index < -0.39 is 0 Å². The zero-order chi connectivity index (χ0) is 11.4. The van der Waals surface area contributed by atoms with Gasteiger partial charge in [-0.3, -0.25) is 4.99 Å². The highest BCUT2D eigenvalue weighted by Gasteiger charge is 2.20. The second kappa shape index (κ2) is 5.35. The molecule has 1 aliphatic rings. The van der Waals surface area contributed by atoms with Crippen LogP contribution < -0.4 is 0 Å². The molecule has 0 bridgehead atoms. The summed E-state index contributed by atoms with van der Waals surface area (Å²) in [6, 6.07) is 0.639. The third-order valence-electron chi connectivity index (χ3n) is 2.91. The Morgan fingerprint density at radius 2 is 1.87 bits per heavy atom. The highest BCUT2D eigenvalue weighted by atomic mass is 15.3. The van der Waals surface area contributed by atoms with Crippen LogP contribution in [0.5, 0.6) is 0 Å². The number of hydrogen-bond acceptors (Lipinski definition) is 2. The van der Waals surface area contributed by atoms with Gasteiger partial charge in [0.25, 0.3) is 0 Å². The average Bonchev–Trinajstić information content (AvgIpc) is 2.51. The fraction of sp³-hybridized carbons (Fsp3) is 0.909. The number of likely N-dealkylation sites (N-methyl/N-ethyl adjacent to an activating group) is 1. The van der Waals surface area contributed by atoms with E-state index in [9.17, 15) is 0 Å². The molecule has 15 heavy (non-hydrogen) atoms. The molecule has 0 amide bonds. The highest BCUT2D eigenvalue weighted by Crippen LogP contribution is 2.14. The molecule has 0 aromatic carbocycles. The molecule has 1 unspecified atom stereocenters. The van der Waals surface area contributed by atoms with Gasteiger partial charge in [0, 0.05) is 34.2 Å². The molecule has 4 nitrogen and oxygen atoms in total. The Morgan fingerprint density at radius 3 is 2.27 bits per heavy atom. The molecule has 0 saturated carbocycles. The maximum atomic E-state index is 4.68. The van der Waals surface area contributed by atoms with E-state index in [4.69, 9.17) is 0 Å². The summed E-state index contributed by atoms with van der Waals surface area (Å²) in [5, 5.41) is 0. The van der Waals surface area contributed by atoms with Gasteiger partial charge in [0.05, 0.1) is 6.54 Å². The van der Waals surface area contributed by atoms with E-state index in [0.29, 0.717) is 6.04 Å². The number of guanidine groups is 1. The molecule has 1 saturated heterocycles. The van der Waals surface area contributed by atoms with Gasteiger partial charge in [0.1, 0.15) is 0 Å². The van der Waals surface area contributed by atoms with Crippen molar-refractivity contribution in [1.29, 1.82) is 0 Å². The standard InChI is InChI=1S/C11H24N4/c1-13(2)11(14(3)4)12-9-10-7-6-8-15(10)5/h10H,6-9H2,1-5H3. The Kier molecular flexibility index (Phi) is 4.39. The topological polar surface area (TPSA) is 22.1 Å². The van der Waals surface area contributed by atoms with E-state index in [2.05, 4.69) is 26.7 Å². The Balaban J connectivity index is 2.53. The van der Waals surface area contributed by atoms with Crippen molar-refractivity contribution in [1.82, 2.24) is 14.7 Å². The summed E-state index contributed by atoms with van der Waals surface area (Å²) in [6.07, 6.45) is 2.60. The second-order valence-electron chi connectivity index (χ2n) is 4.71. The summed E-state index contributed by atoms with van der Waals surface area (Å²) in [4.78, 5) is 11.2. The first-order valence-corrected chi connectivity index (χ1v) is 5.61. The van der Waals surface area contributed by atoms with Crippen LogP contribution in [0.4, 0.5) is 0 Å². The van der Waals surface area contributed by atoms with E-state index in [1.807, 2.05) is 28.2 Å². The molecule has 0 N–H and O–H groups in total. The molecule has 1 fully saturated rings. The first-order chi connectivity index (χ1) is 7.02. The van der Waals surface area contributed by atoms with E-state index in [1.165, 1.54) is 19.4 Å². The molecule has 1 aliphatic heterocycles. The molecule has 1 rings (SSSR count). The zero-order valence-corrected chi connectivity index (χ0v) is 10.7. The first kappa shape index (κ1) is 12.3. The molecule has 1 heterocycles. The molecule has 0 spiro atoms. The minimum Gasteiger partial charge on any atom is -0.349 e. The third kappa shape index (κ3) is 3.38. The Hall–Kier alpha value is -0.770. The van der Waals surface area contributed by atoms with Crippen molar-refractivity contribution in [2.45, 2.75) is 18.9 Å². The van der Waals surface area contributed by atoms with Crippen LogP contribution in [0.15, 0.2) is 4.99 Å². The van der Waals surface area contributed by atoms with Gasteiger partial charge in [0.2, 0.25) is 0 Å². The SMILES string of the molecule is CN(C)C(=NCC1CCCN1C)N(C)C. The molecule has 4 heteroatoms. The van der Waals surface area contributed by atoms with Crippen molar-refractivity contribution in [3.63, 3.8) is 0 Å². The maximum Gasteiger partial charge on any atom is 0.195 e. The summed E-state index contributed by atoms with van der Waals surface area (Å²) in [5.74, 6) is 1.05. The van der Waals surface area contributed by atoms with Crippen molar-refractivity contribution in [3.05, 3.63) is 0 Å². The number of rotatable bonds is 2. The lowest BCUT2D eigenvalue weighted by Gasteiger charge is -2.24. The van der Waals surface area contributed by atoms with Crippen LogP contribution in [-0.2, 0) is 0 Å². The largest absolute Gasteiger partial charge is 0.349 e. The Bertz CT molecular complexity index is 213. The molecule has 0 aliphatic carbocycles. The monoisotopic (exact) mass is 212 g/mol. The highest BCUT2D eigenvalue weighted by molar-refractivity contribution is 5.79. The van der Waals surface area contributed by atoms with Crippen molar-refractivity contribution < 1.29 is 0 Å². The lowest BCUT2D eigenvalue weighted by molar-refractivity contribution is 0.315. The van der Waals surface area contributed by atoms with Gasteiger partial charge >= 0.3 is 0 Å². The van der Waals surface area contributed by atoms with Crippen molar-refractivity contribution in [3.8, 4) is 0 Å². The van der Waals surface area contributed by atoms with Crippen LogP contribution in [0.1, 0.15) is 12.8 Å². The summed E-state index contributed by atoms with van der Waals surface area (Å²) >= 11 is 0. The number of aliphatic imine (C=N–C) groups is 1. The van der Waals surface area contributed by atoms with E-state index in [-0.39, 0.29) is 0 Å². The van der Waals surface area contributed by atoms with Crippen LogP contribution in [-0.4, -0.2) is 75.0 Å². The van der Waals surface area contributed by atoms with Crippen LogP contribution >= 0.6 is 0 Å². The predicted octanol–water partition coefficient (Wildman–Crippen LogP) is 0.560. The lowest BCUT2D eigenvalue weighted by Crippen LogP contribution is -2.37. The average molecular weight is 212 g/mol. The van der Waals surface area contributed by atoms with E-state index >= 15 is 0 Å². The number of hydrogen-bond donors (Lipinski definition) is 0. The quantitative estimate of drug-likeness (QED) is 0.493. The molecule has 0 radical (unpaired) electrons. The van der Waals surface area contributed by atoms with Gasteiger partial charge in [0.15, 0.2) is 5.96 Å². The van der Waals surface area contributed by atoms with Crippen LogP contribution in [0, 0.1) is 0 Å². The molecule has 0 aromatic rings. The van der Waals surface area contributed by atoms with Gasteiger partial charge in [-0.05, 0) is 26.4 Å². The normalized spacial score (nSPS) is 21.5. The molecule has 88 valence electrons. The van der Waals surface area contributed by atoms with Gasteiger partial charge in [-0.15, -0.1) is 0 Å². The third-order valence-corrected chi connectivity index (χ3v) is 2.91. The molecule has 1 atom stereocenters. The Labute approximate surface area is 93.6 Å². The maximum absolute atomic E-state index is 4.68. The van der Waals surface area contributed by atoms with E-state index in [1.54, 1.807) is 0 Å². The van der Waals surface area contributed by atoms with Gasteiger partial charge in [-0.2, -0.15) is 0 Å². The molecular formula is C11H24N4. The first-order valence-electron chi connectivity index (χ1n) is 5.61. The number of likely N-dealkylation sites (tertiary alicyclic amines) is 1.